The Bertz CT molecular complexity index is 599. The van der Waals surface area contributed by atoms with Crippen molar-refractivity contribution in [1.29, 1.82) is 0 Å². The molecule has 4 nitrogen and oxygen atoms in total. The van der Waals surface area contributed by atoms with Gasteiger partial charge in [0.15, 0.2) is 0 Å². The molecule has 0 amide bonds. The third-order valence-corrected chi connectivity index (χ3v) is 2.86. The third kappa shape index (κ3) is 2.85. The average molecular weight is 278 g/mol. The molecule has 5 heteroatoms. The van der Waals surface area contributed by atoms with Crippen molar-refractivity contribution < 1.29 is 14.3 Å². The molecular weight excluding hydrogens is 266 g/mol. The van der Waals surface area contributed by atoms with Gasteiger partial charge in [-0.05, 0) is 24.6 Å². The highest BCUT2D eigenvalue weighted by Gasteiger charge is 2.20. The number of benzene rings is 1. The van der Waals surface area contributed by atoms with Gasteiger partial charge in [0.2, 0.25) is 5.88 Å². The van der Waals surface area contributed by atoms with Gasteiger partial charge in [0.1, 0.15) is 11.3 Å². The molecule has 0 aliphatic carbocycles. The molecule has 0 spiro atoms. The van der Waals surface area contributed by atoms with E-state index in [-0.39, 0.29) is 16.5 Å². The molecule has 0 fully saturated rings. The quantitative estimate of drug-likeness (QED) is 0.808. The fourth-order valence-electron chi connectivity index (χ4n) is 1.67. The highest BCUT2D eigenvalue weighted by atomic mass is 35.5. The normalized spacial score (nSPS) is 10.1. The zero-order valence-corrected chi connectivity index (χ0v) is 11.3. The van der Waals surface area contributed by atoms with Crippen LogP contribution in [0.15, 0.2) is 36.5 Å². The molecule has 1 aromatic heterocycles. The maximum atomic E-state index is 12.1. The van der Waals surface area contributed by atoms with Crippen LogP contribution in [-0.4, -0.2) is 18.1 Å². The lowest BCUT2D eigenvalue weighted by Gasteiger charge is -2.12. The van der Waals surface area contributed by atoms with Crippen LogP contribution in [0.5, 0.6) is 11.6 Å². The largest absolute Gasteiger partial charge is 0.496 e. The van der Waals surface area contributed by atoms with E-state index in [4.69, 9.17) is 21.1 Å². The van der Waals surface area contributed by atoms with Gasteiger partial charge in [0.25, 0.3) is 0 Å². The Balaban J connectivity index is 2.36. The number of methoxy groups -OCH3 is 1. The van der Waals surface area contributed by atoms with E-state index in [1.54, 1.807) is 30.3 Å². The number of carbonyl (C=O) groups excluding carboxylic acids is 1. The summed E-state index contributed by atoms with van der Waals surface area (Å²) in [5, 5.41) is 0.281. The first-order valence-electron chi connectivity index (χ1n) is 5.59. The Morgan fingerprint density at radius 2 is 2.05 bits per heavy atom. The molecule has 0 aliphatic rings. The highest BCUT2D eigenvalue weighted by molar-refractivity contribution is 6.34. The van der Waals surface area contributed by atoms with Crippen molar-refractivity contribution in [3.8, 4) is 11.6 Å². The SMILES string of the molecule is COc1c(C)ccc(Cl)c1C(=O)Oc1ccccn1. The molecule has 98 valence electrons. The first kappa shape index (κ1) is 13.4. The van der Waals surface area contributed by atoms with Crippen LogP contribution in [0.25, 0.3) is 0 Å². The highest BCUT2D eigenvalue weighted by Crippen LogP contribution is 2.30. The molecule has 0 unspecified atom stereocenters. The number of carbonyl (C=O) groups is 1. The van der Waals surface area contributed by atoms with Crippen LogP contribution in [0.4, 0.5) is 0 Å². The number of aromatic nitrogens is 1. The second-order valence-corrected chi connectivity index (χ2v) is 4.24. The van der Waals surface area contributed by atoms with E-state index in [1.807, 2.05) is 6.92 Å². The minimum Gasteiger partial charge on any atom is -0.496 e. The molecular formula is C14H12ClNO3. The maximum Gasteiger partial charge on any atom is 0.350 e. The van der Waals surface area contributed by atoms with Crippen molar-refractivity contribution in [1.82, 2.24) is 4.98 Å². The maximum absolute atomic E-state index is 12.1. The van der Waals surface area contributed by atoms with Crippen molar-refractivity contribution in [2.75, 3.05) is 7.11 Å². The van der Waals surface area contributed by atoms with E-state index < -0.39 is 5.97 Å². The van der Waals surface area contributed by atoms with E-state index in [0.29, 0.717) is 5.75 Å². The van der Waals surface area contributed by atoms with Crippen molar-refractivity contribution >= 4 is 17.6 Å². The van der Waals surface area contributed by atoms with Gasteiger partial charge in [-0.2, -0.15) is 0 Å². The van der Waals surface area contributed by atoms with Gasteiger partial charge in [0.05, 0.1) is 12.1 Å². The van der Waals surface area contributed by atoms with Gasteiger partial charge in [-0.25, -0.2) is 9.78 Å². The number of rotatable bonds is 3. The van der Waals surface area contributed by atoms with Gasteiger partial charge in [0, 0.05) is 12.3 Å². The summed E-state index contributed by atoms with van der Waals surface area (Å²) in [5.74, 6) is 0.0322. The van der Waals surface area contributed by atoms with Gasteiger partial charge in [-0.1, -0.05) is 23.7 Å². The lowest BCUT2D eigenvalue weighted by molar-refractivity contribution is 0.0724. The van der Waals surface area contributed by atoms with Crippen LogP contribution in [-0.2, 0) is 0 Å². The predicted molar refractivity (Wildman–Crippen MR) is 71.9 cm³/mol. The Morgan fingerprint density at radius 1 is 1.26 bits per heavy atom. The predicted octanol–water partition coefficient (Wildman–Crippen LogP) is 3.27. The minimum absolute atomic E-state index is 0.204. The van der Waals surface area contributed by atoms with Crippen LogP contribution < -0.4 is 9.47 Å². The van der Waals surface area contributed by atoms with E-state index in [2.05, 4.69) is 4.98 Å². The zero-order chi connectivity index (χ0) is 13.8. The Morgan fingerprint density at radius 3 is 2.68 bits per heavy atom. The van der Waals surface area contributed by atoms with E-state index in [0.717, 1.165) is 5.56 Å². The molecule has 0 saturated heterocycles. The lowest BCUT2D eigenvalue weighted by Crippen LogP contribution is -2.12. The van der Waals surface area contributed by atoms with Crippen molar-refractivity contribution in [2.45, 2.75) is 6.92 Å². The Hall–Kier alpha value is -2.07. The molecule has 0 saturated carbocycles. The van der Waals surface area contributed by atoms with Gasteiger partial charge in [-0.3, -0.25) is 0 Å². The number of halogens is 1. The molecule has 0 radical (unpaired) electrons. The number of hydrogen-bond donors (Lipinski definition) is 0. The lowest BCUT2D eigenvalue weighted by atomic mass is 10.1. The van der Waals surface area contributed by atoms with Crippen LogP contribution in [0.2, 0.25) is 5.02 Å². The van der Waals surface area contributed by atoms with Crippen LogP contribution in [0, 0.1) is 6.92 Å². The summed E-state index contributed by atoms with van der Waals surface area (Å²) in [4.78, 5) is 16.1. The summed E-state index contributed by atoms with van der Waals surface area (Å²) >= 11 is 6.04. The van der Waals surface area contributed by atoms with Crippen LogP contribution in [0.1, 0.15) is 15.9 Å². The fourth-order valence-corrected chi connectivity index (χ4v) is 1.90. The summed E-state index contributed by atoms with van der Waals surface area (Å²) in [6.45, 7) is 1.83. The van der Waals surface area contributed by atoms with E-state index in [9.17, 15) is 4.79 Å². The van der Waals surface area contributed by atoms with Gasteiger partial charge < -0.3 is 9.47 Å². The van der Waals surface area contributed by atoms with E-state index in [1.165, 1.54) is 13.3 Å². The van der Waals surface area contributed by atoms with Crippen LogP contribution in [0.3, 0.4) is 0 Å². The topological polar surface area (TPSA) is 48.4 Å². The second kappa shape index (κ2) is 5.71. The smallest absolute Gasteiger partial charge is 0.350 e. The second-order valence-electron chi connectivity index (χ2n) is 3.83. The molecule has 1 aromatic carbocycles. The van der Waals surface area contributed by atoms with Gasteiger partial charge >= 0.3 is 5.97 Å². The molecule has 0 atom stereocenters. The molecule has 0 aliphatic heterocycles. The third-order valence-electron chi connectivity index (χ3n) is 2.55. The monoisotopic (exact) mass is 277 g/mol. The standard InChI is InChI=1S/C14H12ClNO3/c1-9-6-7-10(15)12(13(9)18-2)14(17)19-11-5-3-4-8-16-11/h3-8H,1-2H3. The number of ether oxygens (including phenoxy) is 2. The summed E-state index contributed by atoms with van der Waals surface area (Å²) in [5.41, 5.74) is 1.01. The first-order chi connectivity index (χ1) is 9.13. The summed E-state index contributed by atoms with van der Waals surface area (Å²) < 4.78 is 10.4. The molecule has 0 bridgehead atoms. The zero-order valence-electron chi connectivity index (χ0n) is 10.5. The fraction of sp³-hybridized carbons (Fsp3) is 0.143. The Labute approximate surface area is 115 Å². The number of pyridine rings is 1. The van der Waals surface area contributed by atoms with Gasteiger partial charge in [-0.15, -0.1) is 0 Å². The van der Waals surface area contributed by atoms with Crippen molar-refractivity contribution in [3.63, 3.8) is 0 Å². The molecule has 1 heterocycles. The number of nitrogens with zero attached hydrogens (tertiary/aromatic N) is 1. The summed E-state index contributed by atoms with van der Waals surface area (Å²) in [6, 6.07) is 8.46. The Kier molecular flexibility index (Phi) is 4.02. The number of hydrogen-bond acceptors (Lipinski definition) is 4. The molecule has 2 rings (SSSR count). The first-order valence-corrected chi connectivity index (χ1v) is 5.97. The summed E-state index contributed by atoms with van der Waals surface area (Å²) in [6.07, 6.45) is 1.54. The average Bonchev–Trinajstić information content (AvgIpc) is 2.42. The molecule has 2 aromatic rings. The number of aryl methyl sites for hydroxylation is 1. The molecule has 0 N–H and O–H groups in total. The molecule has 19 heavy (non-hydrogen) atoms. The number of esters is 1. The van der Waals surface area contributed by atoms with E-state index >= 15 is 0 Å². The van der Waals surface area contributed by atoms with Crippen molar-refractivity contribution in [2.24, 2.45) is 0 Å². The van der Waals surface area contributed by atoms with Crippen molar-refractivity contribution in [3.05, 3.63) is 52.7 Å². The minimum atomic E-state index is -0.593. The van der Waals surface area contributed by atoms with Crippen LogP contribution >= 0.6 is 11.6 Å². The summed E-state index contributed by atoms with van der Waals surface area (Å²) in [7, 11) is 1.48.